The van der Waals surface area contributed by atoms with Crippen molar-refractivity contribution in [2.75, 3.05) is 13.1 Å². The van der Waals surface area contributed by atoms with Gasteiger partial charge in [-0.2, -0.15) is 0 Å². The van der Waals surface area contributed by atoms with Crippen LogP contribution in [-0.4, -0.2) is 41.6 Å². The number of benzene rings is 2. The average molecular weight is 437 g/mol. The third-order valence-electron chi connectivity index (χ3n) is 6.13. The second-order valence-corrected chi connectivity index (χ2v) is 10.1. The molecule has 3 heterocycles. The van der Waals surface area contributed by atoms with Crippen LogP contribution in [0.4, 0.5) is 0 Å². The summed E-state index contributed by atoms with van der Waals surface area (Å²) >= 11 is 0. The molecule has 160 valence electrons. The van der Waals surface area contributed by atoms with Crippen LogP contribution < -0.4 is 10.7 Å². The van der Waals surface area contributed by atoms with Crippen LogP contribution in [0.25, 0.3) is 33.1 Å². The first-order valence-electron chi connectivity index (χ1n) is 10.3. The molecule has 1 fully saturated rings. The molecule has 0 radical (unpaired) electrons. The monoisotopic (exact) mass is 436 g/mol. The van der Waals surface area contributed by atoms with Crippen LogP contribution >= 0.6 is 0 Å². The molecule has 0 unspecified atom stereocenters. The van der Waals surface area contributed by atoms with Crippen molar-refractivity contribution in [3.63, 3.8) is 0 Å². The topological polar surface area (TPSA) is 112 Å². The van der Waals surface area contributed by atoms with Crippen molar-refractivity contribution in [2.24, 2.45) is 5.14 Å². The standard InChI is InChI=1S/C23H24N4O3S/c24-31(29,30)18-7-9-27(10-8-18)14-15-5-6-21-17(11-15)13-22(25-21)19-12-16-3-1-2-4-20(16)26-23(19)28/h1-6,11-13,18,25H,7-10,14H2,(H,26,28)(H2,24,29,30). The fourth-order valence-corrected chi connectivity index (χ4v) is 5.30. The fraction of sp³-hybridized carbons (Fsp3) is 0.261. The van der Waals surface area contributed by atoms with Crippen molar-refractivity contribution >= 4 is 31.8 Å². The molecule has 5 rings (SSSR count). The normalized spacial score (nSPS) is 16.3. The van der Waals surface area contributed by atoms with Gasteiger partial charge in [0.1, 0.15) is 0 Å². The van der Waals surface area contributed by atoms with E-state index >= 15 is 0 Å². The maximum Gasteiger partial charge on any atom is 0.257 e. The molecule has 8 heteroatoms. The van der Waals surface area contributed by atoms with Crippen molar-refractivity contribution < 1.29 is 8.42 Å². The highest BCUT2D eigenvalue weighted by molar-refractivity contribution is 7.89. The number of H-pyrrole nitrogens is 2. The summed E-state index contributed by atoms with van der Waals surface area (Å²) in [5.41, 5.74) is 4.22. The summed E-state index contributed by atoms with van der Waals surface area (Å²) in [6, 6.07) is 17.9. The lowest BCUT2D eigenvalue weighted by Gasteiger charge is -2.30. The van der Waals surface area contributed by atoms with Gasteiger partial charge in [0.05, 0.1) is 16.5 Å². The Balaban J connectivity index is 1.39. The number of nitrogens with two attached hydrogens (primary N) is 1. The summed E-state index contributed by atoms with van der Waals surface area (Å²) in [6.07, 6.45) is 1.14. The molecular formula is C23H24N4O3S. The SMILES string of the molecule is NS(=O)(=O)C1CCN(Cc2ccc3[nH]c(-c4cc5ccccc5[nH]c4=O)cc3c2)CC1. The van der Waals surface area contributed by atoms with Gasteiger partial charge in [-0.1, -0.05) is 24.3 Å². The van der Waals surface area contributed by atoms with Crippen LogP contribution in [0.2, 0.25) is 0 Å². The van der Waals surface area contributed by atoms with E-state index < -0.39 is 15.3 Å². The van der Waals surface area contributed by atoms with Crippen molar-refractivity contribution in [3.8, 4) is 11.3 Å². The van der Waals surface area contributed by atoms with E-state index in [2.05, 4.69) is 27.0 Å². The molecule has 1 aliphatic rings. The summed E-state index contributed by atoms with van der Waals surface area (Å²) in [6.45, 7) is 2.18. The van der Waals surface area contributed by atoms with E-state index in [4.69, 9.17) is 5.14 Å². The number of likely N-dealkylation sites (tertiary alicyclic amines) is 1. The maximum absolute atomic E-state index is 12.6. The minimum absolute atomic E-state index is 0.122. The number of aromatic amines is 2. The number of hydrogen-bond donors (Lipinski definition) is 3. The Labute approximate surface area is 179 Å². The van der Waals surface area contributed by atoms with Gasteiger partial charge in [-0.25, -0.2) is 13.6 Å². The number of rotatable bonds is 4. The van der Waals surface area contributed by atoms with E-state index in [1.54, 1.807) is 0 Å². The van der Waals surface area contributed by atoms with E-state index in [1.165, 1.54) is 0 Å². The number of sulfonamides is 1. The molecule has 2 aromatic heterocycles. The van der Waals surface area contributed by atoms with Gasteiger partial charge in [0.25, 0.3) is 5.56 Å². The number of nitrogens with one attached hydrogen (secondary N) is 2. The molecule has 0 bridgehead atoms. The summed E-state index contributed by atoms with van der Waals surface area (Å²) < 4.78 is 23.1. The van der Waals surface area contributed by atoms with Gasteiger partial charge < -0.3 is 9.97 Å². The molecule has 0 atom stereocenters. The zero-order chi connectivity index (χ0) is 21.6. The highest BCUT2D eigenvalue weighted by Gasteiger charge is 2.27. The number of fused-ring (bicyclic) bond motifs is 2. The zero-order valence-electron chi connectivity index (χ0n) is 17.0. The molecule has 4 aromatic rings. The molecule has 1 saturated heterocycles. The molecule has 31 heavy (non-hydrogen) atoms. The zero-order valence-corrected chi connectivity index (χ0v) is 17.8. The highest BCUT2D eigenvalue weighted by Crippen LogP contribution is 2.26. The lowest BCUT2D eigenvalue weighted by Crippen LogP contribution is -2.41. The maximum atomic E-state index is 12.6. The second-order valence-electron chi connectivity index (χ2n) is 8.27. The third kappa shape index (κ3) is 4.01. The number of piperidine rings is 1. The molecule has 2 aromatic carbocycles. The number of pyridine rings is 1. The number of hydrogen-bond acceptors (Lipinski definition) is 4. The average Bonchev–Trinajstić information content (AvgIpc) is 3.16. The van der Waals surface area contributed by atoms with Crippen molar-refractivity contribution in [1.29, 1.82) is 0 Å². The van der Waals surface area contributed by atoms with Gasteiger partial charge in [0, 0.05) is 23.0 Å². The Morgan fingerprint density at radius 2 is 1.68 bits per heavy atom. The van der Waals surface area contributed by atoms with E-state index in [9.17, 15) is 13.2 Å². The summed E-state index contributed by atoms with van der Waals surface area (Å²) in [5.74, 6) is 0. The molecule has 0 saturated carbocycles. The molecule has 0 amide bonds. The largest absolute Gasteiger partial charge is 0.354 e. The van der Waals surface area contributed by atoms with E-state index in [0.29, 0.717) is 31.5 Å². The number of aromatic nitrogens is 2. The smallest absolute Gasteiger partial charge is 0.257 e. The Morgan fingerprint density at radius 1 is 0.935 bits per heavy atom. The Bertz CT molecular complexity index is 1430. The van der Waals surface area contributed by atoms with Crippen LogP contribution in [0, 0.1) is 0 Å². The van der Waals surface area contributed by atoms with Crippen molar-refractivity contribution in [2.45, 2.75) is 24.6 Å². The molecule has 1 aliphatic heterocycles. The third-order valence-corrected chi connectivity index (χ3v) is 7.53. The quantitative estimate of drug-likeness (QED) is 0.457. The van der Waals surface area contributed by atoms with Gasteiger partial charge in [0.15, 0.2) is 0 Å². The van der Waals surface area contributed by atoms with E-state index in [1.807, 2.05) is 42.5 Å². The number of nitrogens with zero attached hydrogens (tertiary/aromatic N) is 1. The molecule has 4 N–H and O–H groups in total. The van der Waals surface area contributed by atoms with E-state index in [0.717, 1.165) is 39.6 Å². The Hall–Kier alpha value is -2.94. The highest BCUT2D eigenvalue weighted by atomic mass is 32.2. The van der Waals surface area contributed by atoms with Crippen molar-refractivity contribution in [1.82, 2.24) is 14.9 Å². The van der Waals surface area contributed by atoms with Gasteiger partial charge in [-0.3, -0.25) is 9.69 Å². The van der Waals surface area contributed by atoms with Crippen LogP contribution in [-0.2, 0) is 16.6 Å². The van der Waals surface area contributed by atoms with Gasteiger partial charge in [-0.05, 0) is 67.2 Å². The number of primary sulfonamides is 1. The van der Waals surface area contributed by atoms with Gasteiger partial charge >= 0.3 is 0 Å². The second kappa shape index (κ2) is 7.64. The van der Waals surface area contributed by atoms with E-state index in [-0.39, 0.29) is 5.56 Å². The lowest BCUT2D eigenvalue weighted by molar-refractivity contribution is 0.222. The minimum atomic E-state index is -3.45. The Kier molecular flexibility index (Phi) is 4.92. The number of para-hydroxylation sites is 1. The van der Waals surface area contributed by atoms with Crippen LogP contribution in [0.3, 0.4) is 0 Å². The van der Waals surface area contributed by atoms with Crippen LogP contribution in [0.1, 0.15) is 18.4 Å². The summed E-state index contributed by atoms with van der Waals surface area (Å²) in [7, 11) is -3.45. The predicted molar refractivity (Wildman–Crippen MR) is 123 cm³/mol. The fourth-order valence-electron chi connectivity index (χ4n) is 4.43. The van der Waals surface area contributed by atoms with Crippen LogP contribution in [0.5, 0.6) is 0 Å². The molecule has 0 spiro atoms. The Morgan fingerprint density at radius 3 is 2.45 bits per heavy atom. The van der Waals surface area contributed by atoms with Gasteiger partial charge in [-0.15, -0.1) is 0 Å². The lowest BCUT2D eigenvalue weighted by atomic mass is 10.1. The molecular weight excluding hydrogens is 412 g/mol. The molecule has 7 nitrogen and oxygen atoms in total. The summed E-state index contributed by atoms with van der Waals surface area (Å²) in [5, 5.41) is 6.88. The molecule has 0 aliphatic carbocycles. The van der Waals surface area contributed by atoms with Gasteiger partial charge in [0.2, 0.25) is 10.0 Å². The first kappa shape index (κ1) is 20.0. The predicted octanol–water partition coefficient (Wildman–Crippen LogP) is 2.93. The minimum Gasteiger partial charge on any atom is -0.354 e. The van der Waals surface area contributed by atoms with Crippen LogP contribution in [0.15, 0.2) is 59.4 Å². The van der Waals surface area contributed by atoms with Crippen molar-refractivity contribution in [3.05, 3.63) is 70.5 Å². The summed E-state index contributed by atoms with van der Waals surface area (Å²) in [4.78, 5) is 21.2. The first-order chi connectivity index (χ1) is 14.9. The first-order valence-corrected chi connectivity index (χ1v) is 12.0.